The normalized spacial score (nSPS) is 10.8. The van der Waals surface area contributed by atoms with Crippen LogP contribution in [0.4, 0.5) is 0 Å². The van der Waals surface area contributed by atoms with Crippen molar-refractivity contribution in [3.8, 4) is 5.69 Å². The van der Waals surface area contributed by atoms with Crippen LogP contribution >= 0.6 is 11.8 Å². The second-order valence-electron chi connectivity index (χ2n) is 5.05. The molecule has 0 unspecified atom stereocenters. The van der Waals surface area contributed by atoms with Crippen molar-refractivity contribution in [2.45, 2.75) is 24.8 Å². The summed E-state index contributed by atoms with van der Waals surface area (Å²) in [5.41, 5.74) is 4.93. The summed E-state index contributed by atoms with van der Waals surface area (Å²) in [7, 11) is 0. The van der Waals surface area contributed by atoms with Crippen molar-refractivity contribution in [2.24, 2.45) is 0 Å². The first-order chi connectivity index (χ1) is 10.2. The van der Waals surface area contributed by atoms with E-state index in [4.69, 9.17) is 0 Å². The highest BCUT2D eigenvalue weighted by atomic mass is 32.2. The molecule has 1 aromatic heterocycles. The zero-order valence-electron chi connectivity index (χ0n) is 12.2. The van der Waals surface area contributed by atoms with Crippen LogP contribution in [0.15, 0.2) is 60.0 Å². The maximum absolute atomic E-state index is 4.25. The Hall–Kier alpha value is -2.07. The van der Waals surface area contributed by atoms with E-state index in [2.05, 4.69) is 71.1 Å². The first-order valence-electron chi connectivity index (χ1n) is 6.88. The quantitative estimate of drug-likeness (QED) is 0.677. The molecule has 3 rings (SSSR count). The molecule has 0 saturated heterocycles. The second-order valence-corrected chi connectivity index (χ2v) is 5.99. The summed E-state index contributed by atoms with van der Waals surface area (Å²) in [5, 5.41) is 9.24. The molecule has 0 radical (unpaired) electrons. The van der Waals surface area contributed by atoms with E-state index in [1.807, 2.05) is 6.07 Å². The number of aryl methyl sites for hydroxylation is 2. The van der Waals surface area contributed by atoms with Crippen LogP contribution in [-0.2, 0) is 5.75 Å². The van der Waals surface area contributed by atoms with E-state index >= 15 is 0 Å². The smallest absolute Gasteiger partial charge is 0.195 e. The Bertz CT molecular complexity index is 735. The molecular weight excluding hydrogens is 278 g/mol. The number of hydrogen-bond donors (Lipinski definition) is 0. The fourth-order valence-electron chi connectivity index (χ4n) is 2.29. The number of benzene rings is 2. The Morgan fingerprint density at radius 1 is 1.05 bits per heavy atom. The van der Waals surface area contributed by atoms with E-state index in [1.165, 1.54) is 16.7 Å². The largest absolute Gasteiger partial charge is 0.276 e. The van der Waals surface area contributed by atoms with Gasteiger partial charge in [-0.05, 0) is 31.0 Å². The van der Waals surface area contributed by atoms with Crippen LogP contribution in [0.3, 0.4) is 0 Å². The van der Waals surface area contributed by atoms with Gasteiger partial charge in [0.2, 0.25) is 0 Å². The van der Waals surface area contributed by atoms with Gasteiger partial charge in [-0.3, -0.25) is 4.57 Å². The minimum atomic E-state index is 0.893. The number of rotatable bonds is 4. The molecule has 0 spiro atoms. The van der Waals surface area contributed by atoms with Crippen molar-refractivity contribution in [3.05, 3.63) is 71.5 Å². The monoisotopic (exact) mass is 295 g/mol. The van der Waals surface area contributed by atoms with Crippen molar-refractivity contribution in [1.29, 1.82) is 0 Å². The van der Waals surface area contributed by atoms with Crippen LogP contribution < -0.4 is 0 Å². The molecule has 0 aliphatic carbocycles. The zero-order valence-corrected chi connectivity index (χ0v) is 13.0. The number of aromatic nitrogens is 3. The third-order valence-corrected chi connectivity index (χ3v) is 4.35. The minimum absolute atomic E-state index is 0.893. The van der Waals surface area contributed by atoms with Gasteiger partial charge in [0.1, 0.15) is 6.33 Å². The van der Waals surface area contributed by atoms with Gasteiger partial charge in [-0.2, -0.15) is 0 Å². The van der Waals surface area contributed by atoms with Gasteiger partial charge in [0.15, 0.2) is 5.16 Å². The lowest BCUT2D eigenvalue weighted by molar-refractivity contribution is 0.877. The topological polar surface area (TPSA) is 30.7 Å². The first-order valence-corrected chi connectivity index (χ1v) is 7.87. The molecule has 4 heteroatoms. The maximum atomic E-state index is 4.25. The van der Waals surface area contributed by atoms with Crippen molar-refractivity contribution < 1.29 is 0 Å². The van der Waals surface area contributed by atoms with Gasteiger partial charge in [-0.1, -0.05) is 59.8 Å². The van der Waals surface area contributed by atoms with Crippen LogP contribution in [0.25, 0.3) is 5.69 Å². The van der Waals surface area contributed by atoms with Crippen LogP contribution in [0.5, 0.6) is 0 Å². The summed E-state index contributed by atoms with van der Waals surface area (Å²) in [6.07, 6.45) is 1.78. The van der Waals surface area contributed by atoms with E-state index in [-0.39, 0.29) is 0 Å². The molecule has 21 heavy (non-hydrogen) atoms. The molecule has 1 heterocycles. The molecule has 0 saturated carbocycles. The molecule has 2 aromatic carbocycles. The minimum Gasteiger partial charge on any atom is -0.276 e. The molecule has 0 fully saturated rings. The summed E-state index contributed by atoms with van der Waals surface area (Å²) in [6, 6.07) is 16.8. The maximum Gasteiger partial charge on any atom is 0.195 e. The van der Waals surface area contributed by atoms with Crippen LogP contribution in [-0.4, -0.2) is 14.8 Å². The molecule has 106 valence electrons. The summed E-state index contributed by atoms with van der Waals surface area (Å²) < 4.78 is 2.06. The molecule has 3 aromatic rings. The van der Waals surface area contributed by atoms with Crippen LogP contribution in [0.1, 0.15) is 16.7 Å². The van der Waals surface area contributed by atoms with Crippen LogP contribution in [0.2, 0.25) is 0 Å². The summed E-state index contributed by atoms with van der Waals surface area (Å²) >= 11 is 1.70. The number of nitrogens with zero attached hydrogens (tertiary/aromatic N) is 3. The average molecular weight is 295 g/mol. The highest BCUT2D eigenvalue weighted by Crippen LogP contribution is 2.25. The Morgan fingerprint density at radius 2 is 1.86 bits per heavy atom. The van der Waals surface area contributed by atoms with Crippen molar-refractivity contribution in [3.63, 3.8) is 0 Å². The van der Waals surface area contributed by atoms with E-state index in [1.54, 1.807) is 18.1 Å². The van der Waals surface area contributed by atoms with E-state index in [0.29, 0.717) is 0 Å². The lowest BCUT2D eigenvalue weighted by atomic mass is 10.1. The molecule has 0 bridgehead atoms. The first kappa shape index (κ1) is 13.9. The molecular formula is C17H17N3S. The van der Waals surface area contributed by atoms with Crippen molar-refractivity contribution in [1.82, 2.24) is 14.8 Å². The van der Waals surface area contributed by atoms with Crippen molar-refractivity contribution >= 4 is 11.8 Å². The van der Waals surface area contributed by atoms with E-state index < -0.39 is 0 Å². The Labute approximate surface area is 129 Å². The summed E-state index contributed by atoms with van der Waals surface area (Å²) in [6.45, 7) is 4.22. The third-order valence-electron chi connectivity index (χ3n) is 3.34. The average Bonchev–Trinajstić information content (AvgIpc) is 2.94. The number of hydrogen-bond acceptors (Lipinski definition) is 3. The predicted molar refractivity (Wildman–Crippen MR) is 86.8 cm³/mol. The van der Waals surface area contributed by atoms with Gasteiger partial charge in [-0.25, -0.2) is 0 Å². The summed E-state index contributed by atoms with van der Waals surface area (Å²) in [5.74, 6) is 0.893. The molecule has 0 amide bonds. The standard InChI is InChI=1S/C17H17N3S/c1-13-8-9-16(14(2)10-13)20-12-18-19-17(20)21-11-15-6-4-3-5-7-15/h3-10,12H,11H2,1-2H3. The Morgan fingerprint density at radius 3 is 2.62 bits per heavy atom. The highest BCUT2D eigenvalue weighted by Gasteiger charge is 2.09. The summed E-state index contributed by atoms with van der Waals surface area (Å²) in [4.78, 5) is 0. The van der Waals surface area contributed by atoms with E-state index in [9.17, 15) is 0 Å². The number of thioether (sulfide) groups is 1. The second kappa shape index (κ2) is 6.14. The molecule has 0 atom stereocenters. The predicted octanol–water partition coefficient (Wildman–Crippen LogP) is 4.18. The fraction of sp³-hybridized carbons (Fsp3) is 0.176. The molecule has 0 aliphatic rings. The zero-order chi connectivity index (χ0) is 14.7. The van der Waals surface area contributed by atoms with Crippen LogP contribution in [0, 0.1) is 13.8 Å². The van der Waals surface area contributed by atoms with Gasteiger partial charge < -0.3 is 0 Å². The third kappa shape index (κ3) is 3.16. The molecule has 0 aliphatic heterocycles. The van der Waals surface area contributed by atoms with Gasteiger partial charge in [0.25, 0.3) is 0 Å². The van der Waals surface area contributed by atoms with Gasteiger partial charge in [-0.15, -0.1) is 10.2 Å². The fourth-order valence-corrected chi connectivity index (χ4v) is 3.16. The highest BCUT2D eigenvalue weighted by molar-refractivity contribution is 7.98. The Kier molecular flexibility index (Phi) is 4.06. The molecule has 3 nitrogen and oxygen atoms in total. The van der Waals surface area contributed by atoms with Gasteiger partial charge in [0, 0.05) is 5.75 Å². The van der Waals surface area contributed by atoms with Gasteiger partial charge >= 0.3 is 0 Å². The Balaban J connectivity index is 1.84. The van der Waals surface area contributed by atoms with Crippen molar-refractivity contribution in [2.75, 3.05) is 0 Å². The lowest BCUT2D eigenvalue weighted by Gasteiger charge is -2.10. The SMILES string of the molecule is Cc1ccc(-n2cnnc2SCc2ccccc2)c(C)c1. The van der Waals surface area contributed by atoms with Gasteiger partial charge in [0.05, 0.1) is 5.69 Å². The molecule has 0 N–H and O–H groups in total. The lowest BCUT2D eigenvalue weighted by Crippen LogP contribution is -1.98. The van der Waals surface area contributed by atoms with E-state index in [0.717, 1.165) is 16.6 Å².